The lowest BCUT2D eigenvalue weighted by molar-refractivity contribution is 0.129. The zero-order valence-electron chi connectivity index (χ0n) is 11.5. The highest BCUT2D eigenvalue weighted by molar-refractivity contribution is 7.91. The molecule has 0 radical (unpaired) electrons. The van der Waals surface area contributed by atoms with Gasteiger partial charge in [0, 0.05) is 18.8 Å². The SMILES string of the molecule is CCS(=O)(=O)CCN(C)CC(O)c1ccc(F)c(F)c1. The van der Waals surface area contributed by atoms with Gasteiger partial charge in [0.2, 0.25) is 0 Å². The zero-order valence-corrected chi connectivity index (χ0v) is 12.3. The van der Waals surface area contributed by atoms with Gasteiger partial charge in [-0.05, 0) is 24.7 Å². The summed E-state index contributed by atoms with van der Waals surface area (Å²) in [4.78, 5) is 1.64. The number of nitrogens with zero attached hydrogens (tertiary/aromatic N) is 1. The predicted molar refractivity (Wildman–Crippen MR) is 73.1 cm³/mol. The molecule has 0 saturated carbocycles. The van der Waals surface area contributed by atoms with Crippen LogP contribution in [-0.2, 0) is 9.84 Å². The number of sulfone groups is 1. The first-order valence-electron chi connectivity index (χ1n) is 6.27. The number of aliphatic hydroxyl groups excluding tert-OH is 1. The van der Waals surface area contributed by atoms with Gasteiger partial charge in [-0.2, -0.15) is 0 Å². The van der Waals surface area contributed by atoms with Crippen LogP contribution in [0.4, 0.5) is 8.78 Å². The van der Waals surface area contributed by atoms with Crippen LogP contribution in [0.25, 0.3) is 0 Å². The molecule has 1 N–H and O–H groups in total. The van der Waals surface area contributed by atoms with E-state index in [4.69, 9.17) is 0 Å². The molecule has 1 aromatic rings. The summed E-state index contributed by atoms with van der Waals surface area (Å²) in [7, 11) is -1.40. The summed E-state index contributed by atoms with van der Waals surface area (Å²) in [5.41, 5.74) is 0.258. The molecule has 1 aromatic carbocycles. The molecule has 20 heavy (non-hydrogen) atoms. The summed E-state index contributed by atoms with van der Waals surface area (Å²) in [5.74, 6) is -1.90. The topological polar surface area (TPSA) is 57.6 Å². The molecule has 114 valence electrons. The smallest absolute Gasteiger partial charge is 0.159 e. The maximum Gasteiger partial charge on any atom is 0.159 e. The van der Waals surface area contributed by atoms with Crippen molar-refractivity contribution in [3.05, 3.63) is 35.4 Å². The Morgan fingerprint density at radius 2 is 1.95 bits per heavy atom. The van der Waals surface area contributed by atoms with E-state index in [1.807, 2.05) is 0 Å². The molecule has 0 bridgehead atoms. The van der Waals surface area contributed by atoms with Crippen molar-refractivity contribution in [3.8, 4) is 0 Å². The highest BCUT2D eigenvalue weighted by Gasteiger charge is 2.15. The summed E-state index contributed by atoms with van der Waals surface area (Å²) in [6, 6.07) is 3.20. The molecule has 1 atom stereocenters. The Balaban J connectivity index is 2.57. The fourth-order valence-electron chi connectivity index (χ4n) is 1.65. The Bertz CT molecular complexity index is 549. The molecule has 0 fully saturated rings. The Morgan fingerprint density at radius 3 is 2.50 bits per heavy atom. The monoisotopic (exact) mass is 307 g/mol. The molecule has 4 nitrogen and oxygen atoms in total. The second-order valence-electron chi connectivity index (χ2n) is 4.69. The van der Waals surface area contributed by atoms with Gasteiger partial charge < -0.3 is 10.0 Å². The maximum atomic E-state index is 13.0. The number of aliphatic hydroxyl groups is 1. The minimum Gasteiger partial charge on any atom is -0.387 e. The molecule has 0 aliphatic rings. The second-order valence-corrected chi connectivity index (χ2v) is 7.16. The van der Waals surface area contributed by atoms with Crippen LogP contribution in [0.15, 0.2) is 18.2 Å². The molecule has 0 aromatic heterocycles. The van der Waals surface area contributed by atoms with Crippen molar-refractivity contribution in [3.63, 3.8) is 0 Å². The Labute approximate surface area is 117 Å². The molecule has 7 heteroatoms. The number of hydrogen-bond donors (Lipinski definition) is 1. The van der Waals surface area contributed by atoms with E-state index < -0.39 is 27.6 Å². The average Bonchev–Trinajstić information content (AvgIpc) is 2.39. The molecule has 1 rings (SSSR count). The van der Waals surface area contributed by atoms with Gasteiger partial charge in [0.15, 0.2) is 21.5 Å². The summed E-state index contributed by atoms with van der Waals surface area (Å²) < 4.78 is 48.6. The fourth-order valence-corrected chi connectivity index (χ4v) is 2.53. The molecule has 0 aliphatic heterocycles. The van der Waals surface area contributed by atoms with Crippen LogP contribution in [0.3, 0.4) is 0 Å². The van der Waals surface area contributed by atoms with E-state index in [1.165, 1.54) is 6.07 Å². The molecule has 0 aliphatic carbocycles. The first kappa shape index (κ1) is 17.0. The van der Waals surface area contributed by atoms with E-state index in [-0.39, 0.29) is 30.2 Å². The van der Waals surface area contributed by atoms with Crippen molar-refractivity contribution in [1.29, 1.82) is 0 Å². The fraction of sp³-hybridized carbons (Fsp3) is 0.538. The summed E-state index contributed by atoms with van der Waals surface area (Å²) in [5, 5.41) is 9.91. The van der Waals surface area contributed by atoms with Crippen LogP contribution in [-0.4, -0.2) is 50.1 Å². The largest absolute Gasteiger partial charge is 0.387 e. The van der Waals surface area contributed by atoms with Crippen LogP contribution < -0.4 is 0 Å². The number of halogens is 2. The standard InChI is InChI=1S/C13H19F2NO3S/c1-3-20(18,19)7-6-16(2)9-13(17)10-4-5-11(14)12(15)8-10/h4-5,8,13,17H,3,6-7,9H2,1-2H3. The summed E-state index contributed by atoms with van der Waals surface area (Å²) >= 11 is 0. The van der Waals surface area contributed by atoms with Gasteiger partial charge in [0.05, 0.1) is 11.9 Å². The summed E-state index contributed by atoms with van der Waals surface area (Å²) in [6.07, 6.45) is -1.00. The van der Waals surface area contributed by atoms with Gasteiger partial charge in [-0.25, -0.2) is 17.2 Å². The molecule has 0 heterocycles. The lowest BCUT2D eigenvalue weighted by Gasteiger charge is -2.20. The minimum atomic E-state index is -3.06. The van der Waals surface area contributed by atoms with Gasteiger partial charge in [0.1, 0.15) is 0 Å². The molecular weight excluding hydrogens is 288 g/mol. The molecule has 0 saturated heterocycles. The van der Waals surface area contributed by atoms with Crippen LogP contribution in [0.5, 0.6) is 0 Å². The third-order valence-electron chi connectivity index (χ3n) is 3.04. The normalized spacial score (nSPS) is 13.7. The molecule has 0 spiro atoms. The third kappa shape index (κ3) is 5.15. The van der Waals surface area contributed by atoms with Crippen molar-refractivity contribution < 1.29 is 22.3 Å². The van der Waals surface area contributed by atoms with Crippen LogP contribution in [0.1, 0.15) is 18.6 Å². The molecule has 0 amide bonds. The maximum absolute atomic E-state index is 13.0. The third-order valence-corrected chi connectivity index (χ3v) is 4.72. The zero-order chi connectivity index (χ0) is 15.3. The van der Waals surface area contributed by atoms with Gasteiger partial charge in [0.25, 0.3) is 0 Å². The average molecular weight is 307 g/mol. The Hall–Kier alpha value is -1.05. The number of rotatable bonds is 7. The van der Waals surface area contributed by atoms with E-state index in [2.05, 4.69) is 0 Å². The minimum absolute atomic E-state index is 0.00446. The second kappa shape index (κ2) is 7.10. The van der Waals surface area contributed by atoms with Gasteiger partial charge in [-0.1, -0.05) is 13.0 Å². The van der Waals surface area contributed by atoms with Crippen LogP contribution in [0, 0.1) is 11.6 Å². The predicted octanol–water partition coefficient (Wildman–Crippen LogP) is 1.36. The number of hydrogen-bond acceptors (Lipinski definition) is 4. The number of likely N-dealkylation sites (N-methyl/N-ethyl adjacent to an activating group) is 1. The van der Waals surface area contributed by atoms with E-state index in [1.54, 1.807) is 18.9 Å². The first-order chi connectivity index (χ1) is 9.25. The molecule has 1 unspecified atom stereocenters. The Kier molecular flexibility index (Phi) is 6.04. The molecular formula is C13H19F2NO3S. The highest BCUT2D eigenvalue weighted by atomic mass is 32.2. The Morgan fingerprint density at radius 1 is 1.30 bits per heavy atom. The lowest BCUT2D eigenvalue weighted by atomic mass is 10.1. The van der Waals surface area contributed by atoms with Gasteiger partial charge >= 0.3 is 0 Å². The summed E-state index contributed by atoms with van der Waals surface area (Å²) in [6.45, 7) is 1.99. The highest BCUT2D eigenvalue weighted by Crippen LogP contribution is 2.17. The van der Waals surface area contributed by atoms with Crippen molar-refractivity contribution in [1.82, 2.24) is 4.90 Å². The first-order valence-corrected chi connectivity index (χ1v) is 8.09. The van der Waals surface area contributed by atoms with Crippen molar-refractivity contribution in [2.45, 2.75) is 13.0 Å². The van der Waals surface area contributed by atoms with Gasteiger partial charge in [-0.3, -0.25) is 0 Å². The lowest BCUT2D eigenvalue weighted by Crippen LogP contribution is -2.30. The van der Waals surface area contributed by atoms with Crippen LogP contribution >= 0.6 is 0 Å². The van der Waals surface area contributed by atoms with Crippen LogP contribution in [0.2, 0.25) is 0 Å². The van der Waals surface area contributed by atoms with E-state index in [9.17, 15) is 22.3 Å². The van der Waals surface area contributed by atoms with Gasteiger partial charge in [-0.15, -0.1) is 0 Å². The van der Waals surface area contributed by atoms with E-state index >= 15 is 0 Å². The quantitative estimate of drug-likeness (QED) is 0.826. The van der Waals surface area contributed by atoms with Crippen molar-refractivity contribution in [2.75, 3.05) is 31.6 Å². The van der Waals surface area contributed by atoms with Crippen molar-refractivity contribution in [2.24, 2.45) is 0 Å². The number of benzene rings is 1. The van der Waals surface area contributed by atoms with E-state index in [0.29, 0.717) is 0 Å². The van der Waals surface area contributed by atoms with Crippen molar-refractivity contribution >= 4 is 9.84 Å². The van der Waals surface area contributed by atoms with E-state index in [0.717, 1.165) is 12.1 Å².